The lowest BCUT2D eigenvalue weighted by Gasteiger charge is -2.46. The second-order valence-electron chi connectivity index (χ2n) is 6.56. The number of rotatable bonds is 5. The molecule has 1 atom stereocenters. The van der Waals surface area contributed by atoms with E-state index >= 15 is 0 Å². The molecule has 0 fully saturated rings. The van der Waals surface area contributed by atoms with Gasteiger partial charge in [-0.25, -0.2) is 4.79 Å². The van der Waals surface area contributed by atoms with Crippen molar-refractivity contribution in [3.63, 3.8) is 0 Å². The van der Waals surface area contributed by atoms with Gasteiger partial charge < -0.3 is 14.4 Å². The summed E-state index contributed by atoms with van der Waals surface area (Å²) in [5, 5.41) is 0. The molecule has 0 spiro atoms. The minimum absolute atomic E-state index is 0.193. The van der Waals surface area contributed by atoms with Gasteiger partial charge in [-0.2, -0.15) is 0 Å². The number of esters is 1. The SMILES string of the molecule is CCC[C@H](C(=O)OC)N1c2cc(OC)ccc2C(C)=CC1(C)C. The van der Waals surface area contributed by atoms with E-state index in [2.05, 4.69) is 44.7 Å². The average Bonchev–Trinajstić information content (AvgIpc) is 2.51. The van der Waals surface area contributed by atoms with E-state index in [-0.39, 0.29) is 17.6 Å². The summed E-state index contributed by atoms with van der Waals surface area (Å²) in [6.45, 7) is 8.45. The quantitative estimate of drug-likeness (QED) is 0.768. The number of allylic oxidation sites excluding steroid dienone is 1. The fourth-order valence-corrected chi connectivity index (χ4v) is 3.49. The van der Waals surface area contributed by atoms with E-state index in [1.807, 2.05) is 12.1 Å². The molecule has 1 aromatic rings. The lowest BCUT2D eigenvalue weighted by molar-refractivity contribution is -0.142. The molecule has 1 heterocycles. The number of ether oxygens (including phenoxy) is 2. The molecule has 1 aliphatic heterocycles. The van der Waals surface area contributed by atoms with Gasteiger partial charge >= 0.3 is 5.97 Å². The Hall–Kier alpha value is -1.97. The first-order valence-electron chi connectivity index (χ1n) is 8.10. The molecule has 4 nitrogen and oxygen atoms in total. The molecule has 4 heteroatoms. The highest BCUT2D eigenvalue weighted by molar-refractivity contribution is 5.88. The molecule has 0 aromatic heterocycles. The molecule has 0 saturated heterocycles. The van der Waals surface area contributed by atoms with Crippen LogP contribution in [0, 0.1) is 0 Å². The number of anilines is 1. The van der Waals surface area contributed by atoms with Crippen LogP contribution in [0.3, 0.4) is 0 Å². The molecule has 0 radical (unpaired) electrons. The Morgan fingerprint density at radius 3 is 2.57 bits per heavy atom. The summed E-state index contributed by atoms with van der Waals surface area (Å²) >= 11 is 0. The number of carbonyl (C=O) groups excluding carboxylic acids is 1. The average molecular weight is 317 g/mol. The molecule has 23 heavy (non-hydrogen) atoms. The van der Waals surface area contributed by atoms with Gasteiger partial charge in [0.05, 0.1) is 19.8 Å². The van der Waals surface area contributed by atoms with Crippen LogP contribution >= 0.6 is 0 Å². The Morgan fingerprint density at radius 1 is 1.30 bits per heavy atom. The summed E-state index contributed by atoms with van der Waals surface area (Å²) in [5.41, 5.74) is 3.09. The third-order valence-corrected chi connectivity index (χ3v) is 4.43. The van der Waals surface area contributed by atoms with Crippen molar-refractivity contribution in [1.29, 1.82) is 0 Å². The van der Waals surface area contributed by atoms with Gasteiger partial charge in [0.25, 0.3) is 0 Å². The minimum atomic E-state index is -0.310. The smallest absolute Gasteiger partial charge is 0.328 e. The van der Waals surface area contributed by atoms with Crippen LogP contribution in [0.5, 0.6) is 5.75 Å². The van der Waals surface area contributed by atoms with Crippen LogP contribution in [-0.2, 0) is 9.53 Å². The Kier molecular flexibility index (Phi) is 5.03. The lowest BCUT2D eigenvalue weighted by Crippen LogP contribution is -2.54. The maximum atomic E-state index is 12.4. The van der Waals surface area contributed by atoms with Crippen LogP contribution in [0.15, 0.2) is 24.3 Å². The third kappa shape index (κ3) is 3.21. The minimum Gasteiger partial charge on any atom is -0.497 e. The van der Waals surface area contributed by atoms with Crippen molar-refractivity contribution < 1.29 is 14.3 Å². The lowest BCUT2D eigenvalue weighted by atomic mass is 9.86. The summed E-state index contributed by atoms with van der Waals surface area (Å²) < 4.78 is 10.5. The van der Waals surface area contributed by atoms with Gasteiger partial charge in [-0.3, -0.25) is 0 Å². The Bertz CT molecular complexity index is 619. The van der Waals surface area contributed by atoms with Crippen molar-refractivity contribution in [3.05, 3.63) is 29.8 Å². The molecule has 126 valence electrons. The molecule has 1 aliphatic rings. The van der Waals surface area contributed by atoms with E-state index in [0.717, 1.165) is 29.8 Å². The summed E-state index contributed by atoms with van der Waals surface area (Å²) in [6.07, 6.45) is 3.88. The van der Waals surface area contributed by atoms with Crippen LogP contribution in [0.1, 0.15) is 46.1 Å². The zero-order chi connectivity index (χ0) is 17.2. The molecule has 0 N–H and O–H groups in total. The molecule has 0 bridgehead atoms. The standard InChI is InChI=1S/C19H27NO3/c1-7-8-16(18(21)23-6)20-17-11-14(22-5)9-10-15(17)13(2)12-19(20,3)4/h9-12,16H,7-8H2,1-6H3/t16-/m1/s1. The van der Waals surface area contributed by atoms with Crippen LogP contribution < -0.4 is 9.64 Å². The van der Waals surface area contributed by atoms with Gasteiger partial charge in [-0.15, -0.1) is 0 Å². The number of hydrogen-bond acceptors (Lipinski definition) is 4. The van der Waals surface area contributed by atoms with Gasteiger partial charge in [0.2, 0.25) is 0 Å². The molecule has 0 aliphatic carbocycles. The molecular weight excluding hydrogens is 290 g/mol. The van der Waals surface area contributed by atoms with Crippen LogP contribution in [0.2, 0.25) is 0 Å². The summed E-state index contributed by atoms with van der Waals surface area (Å²) in [7, 11) is 3.11. The maximum absolute atomic E-state index is 12.4. The number of nitrogens with zero attached hydrogens (tertiary/aromatic N) is 1. The Morgan fingerprint density at radius 2 is 2.00 bits per heavy atom. The first-order valence-corrected chi connectivity index (χ1v) is 8.10. The van der Waals surface area contributed by atoms with E-state index in [1.165, 1.54) is 12.7 Å². The predicted octanol–water partition coefficient (Wildman–Crippen LogP) is 4.04. The van der Waals surface area contributed by atoms with Crippen LogP contribution in [0.4, 0.5) is 5.69 Å². The summed E-state index contributed by atoms with van der Waals surface area (Å²) in [6, 6.07) is 5.72. The van der Waals surface area contributed by atoms with Crippen molar-refractivity contribution in [1.82, 2.24) is 0 Å². The highest BCUT2D eigenvalue weighted by Crippen LogP contribution is 2.42. The summed E-state index contributed by atoms with van der Waals surface area (Å²) in [5.74, 6) is 0.598. The molecule has 0 amide bonds. The van der Waals surface area contributed by atoms with Crippen molar-refractivity contribution in [2.45, 2.75) is 52.1 Å². The monoisotopic (exact) mass is 317 g/mol. The number of benzene rings is 1. The summed E-state index contributed by atoms with van der Waals surface area (Å²) in [4.78, 5) is 14.6. The zero-order valence-corrected chi connectivity index (χ0v) is 15.0. The van der Waals surface area contributed by atoms with E-state index in [0.29, 0.717) is 0 Å². The van der Waals surface area contributed by atoms with Crippen molar-refractivity contribution in [2.24, 2.45) is 0 Å². The van der Waals surface area contributed by atoms with Gasteiger partial charge in [-0.1, -0.05) is 19.4 Å². The highest BCUT2D eigenvalue weighted by atomic mass is 16.5. The molecule has 1 aromatic carbocycles. The zero-order valence-electron chi connectivity index (χ0n) is 15.0. The number of methoxy groups -OCH3 is 2. The third-order valence-electron chi connectivity index (χ3n) is 4.43. The van der Waals surface area contributed by atoms with Gasteiger partial charge in [0.1, 0.15) is 11.8 Å². The number of hydrogen-bond donors (Lipinski definition) is 0. The molecule has 0 unspecified atom stereocenters. The Balaban J connectivity index is 2.62. The Labute approximate surface area is 139 Å². The second kappa shape index (κ2) is 6.65. The van der Waals surface area contributed by atoms with Crippen LogP contribution in [-0.4, -0.2) is 31.8 Å². The molecule has 0 saturated carbocycles. The van der Waals surface area contributed by atoms with E-state index in [4.69, 9.17) is 9.47 Å². The first kappa shape index (κ1) is 17.4. The fraction of sp³-hybridized carbons (Fsp3) is 0.526. The van der Waals surface area contributed by atoms with Crippen molar-refractivity contribution >= 4 is 17.2 Å². The van der Waals surface area contributed by atoms with Crippen LogP contribution in [0.25, 0.3) is 5.57 Å². The largest absolute Gasteiger partial charge is 0.497 e. The topological polar surface area (TPSA) is 38.8 Å². The number of carbonyl (C=O) groups is 1. The predicted molar refractivity (Wildman–Crippen MR) is 93.9 cm³/mol. The van der Waals surface area contributed by atoms with Gasteiger partial charge in [0, 0.05) is 17.3 Å². The van der Waals surface area contributed by atoms with Crippen molar-refractivity contribution in [2.75, 3.05) is 19.1 Å². The molecule has 2 rings (SSSR count). The molecular formula is C19H27NO3. The first-order chi connectivity index (χ1) is 10.9. The van der Waals surface area contributed by atoms with E-state index in [9.17, 15) is 4.79 Å². The van der Waals surface area contributed by atoms with Gasteiger partial charge in [0.15, 0.2) is 0 Å². The fourth-order valence-electron chi connectivity index (χ4n) is 3.49. The normalized spacial score (nSPS) is 17.1. The van der Waals surface area contributed by atoms with Gasteiger partial charge in [-0.05, 0) is 44.9 Å². The number of fused-ring (bicyclic) bond motifs is 1. The van der Waals surface area contributed by atoms with Crippen molar-refractivity contribution in [3.8, 4) is 5.75 Å². The maximum Gasteiger partial charge on any atom is 0.328 e. The highest BCUT2D eigenvalue weighted by Gasteiger charge is 2.39. The second-order valence-corrected chi connectivity index (χ2v) is 6.56. The van der Waals surface area contributed by atoms with E-state index in [1.54, 1.807) is 7.11 Å². The van der Waals surface area contributed by atoms with E-state index < -0.39 is 0 Å².